The van der Waals surface area contributed by atoms with Crippen LogP contribution in [0.3, 0.4) is 0 Å². The molecule has 0 aliphatic carbocycles. The van der Waals surface area contributed by atoms with Gasteiger partial charge in [0.1, 0.15) is 22.4 Å². The molecule has 0 spiro atoms. The molecule has 8 nitrogen and oxygen atoms in total. The van der Waals surface area contributed by atoms with Crippen LogP contribution in [-0.2, 0) is 11.8 Å². The van der Waals surface area contributed by atoms with Crippen LogP contribution in [0.15, 0.2) is 48.9 Å². The molecule has 2 atom stereocenters. The summed E-state index contributed by atoms with van der Waals surface area (Å²) in [6.45, 7) is 6.86. The SMILES string of the molecule is C[n+]1cnc2c(F)c(-c3cc(O)cc4ccccc34)ncc2c1N1CC2CCC(C1)N2C(=O)OC(C)(C)C. The van der Waals surface area contributed by atoms with Crippen LogP contribution in [0.25, 0.3) is 32.9 Å². The highest BCUT2D eigenvalue weighted by Gasteiger charge is 2.47. The molecule has 38 heavy (non-hydrogen) atoms. The zero-order valence-electron chi connectivity index (χ0n) is 22.0. The fourth-order valence-electron chi connectivity index (χ4n) is 5.92. The summed E-state index contributed by atoms with van der Waals surface area (Å²) in [5.41, 5.74) is 0.327. The van der Waals surface area contributed by atoms with Crippen LogP contribution in [0.2, 0.25) is 0 Å². The van der Waals surface area contributed by atoms with Crippen molar-refractivity contribution in [2.45, 2.75) is 51.3 Å². The fourth-order valence-corrected chi connectivity index (χ4v) is 5.92. The number of nitrogens with zero attached hydrogens (tertiary/aromatic N) is 5. The Labute approximate surface area is 220 Å². The number of amides is 1. The van der Waals surface area contributed by atoms with Crippen LogP contribution >= 0.6 is 0 Å². The second-order valence-electron chi connectivity index (χ2n) is 11.3. The molecule has 2 fully saturated rings. The average Bonchev–Trinajstić information content (AvgIpc) is 3.12. The zero-order valence-corrected chi connectivity index (χ0v) is 22.0. The molecule has 0 radical (unpaired) electrons. The Morgan fingerprint density at radius 2 is 1.82 bits per heavy atom. The van der Waals surface area contributed by atoms with E-state index in [2.05, 4.69) is 14.9 Å². The lowest BCUT2D eigenvalue weighted by molar-refractivity contribution is -0.660. The summed E-state index contributed by atoms with van der Waals surface area (Å²) < 4.78 is 23.6. The number of rotatable bonds is 2. The van der Waals surface area contributed by atoms with Gasteiger partial charge in [0.05, 0.1) is 32.2 Å². The number of carbonyl (C=O) groups is 1. The quantitative estimate of drug-likeness (QED) is 0.389. The van der Waals surface area contributed by atoms with Gasteiger partial charge in [0.15, 0.2) is 11.3 Å². The molecule has 6 rings (SSSR count). The van der Waals surface area contributed by atoms with Crippen LogP contribution in [0.5, 0.6) is 5.75 Å². The van der Waals surface area contributed by atoms with E-state index in [1.807, 2.05) is 61.6 Å². The van der Waals surface area contributed by atoms with Gasteiger partial charge in [-0.2, -0.15) is 0 Å². The fraction of sp³-hybridized carbons (Fsp3) is 0.379. The predicted octanol–water partition coefficient (Wildman–Crippen LogP) is 4.71. The average molecular weight is 517 g/mol. The number of ether oxygens (including phenoxy) is 1. The van der Waals surface area contributed by atoms with E-state index in [9.17, 15) is 9.90 Å². The first-order valence-corrected chi connectivity index (χ1v) is 12.9. The molecule has 2 aliphatic heterocycles. The van der Waals surface area contributed by atoms with Crippen molar-refractivity contribution in [1.82, 2.24) is 14.9 Å². The molecule has 4 heterocycles. The van der Waals surface area contributed by atoms with Crippen molar-refractivity contribution in [2.75, 3.05) is 18.0 Å². The van der Waals surface area contributed by atoms with Crippen LogP contribution in [0.4, 0.5) is 15.0 Å². The number of aromatic nitrogens is 3. The van der Waals surface area contributed by atoms with Crippen molar-refractivity contribution in [3.8, 4) is 17.0 Å². The third-order valence-corrected chi connectivity index (χ3v) is 7.42. The molecule has 4 aromatic rings. The van der Waals surface area contributed by atoms with E-state index in [1.54, 1.807) is 18.6 Å². The number of phenols is 1. The Morgan fingerprint density at radius 3 is 2.53 bits per heavy atom. The molecule has 2 bridgehead atoms. The molecule has 2 saturated heterocycles. The van der Waals surface area contributed by atoms with Crippen molar-refractivity contribution in [3.63, 3.8) is 0 Å². The number of halogens is 1. The number of aryl methyl sites for hydroxylation is 1. The van der Waals surface area contributed by atoms with Crippen molar-refractivity contribution < 1.29 is 23.6 Å². The largest absolute Gasteiger partial charge is 0.508 e. The second-order valence-corrected chi connectivity index (χ2v) is 11.3. The number of carbonyl (C=O) groups excluding carboxylic acids is 1. The van der Waals surface area contributed by atoms with E-state index < -0.39 is 11.4 Å². The summed E-state index contributed by atoms with van der Waals surface area (Å²) in [6, 6.07) is 10.7. The number of phenolic OH excluding ortho intramolecular Hbond substituents is 1. The first-order chi connectivity index (χ1) is 18.1. The lowest BCUT2D eigenvalue weighted by atomic mass is 10.00. The number of benzene rings is 2. The highest BCUT2D eigenvalue weighted by atomic mass is 19.1. The van der Waals surface area contributed by atoms with E-state index in [0.717, 1.165) is 29.4 Å². The molecule has 196 valence electrons. The number of hydrogen-bond donors (Lipinski definition) is 1. The first kappa shape index (κ1) is 24.3. The smallest absolute Gasteiger partial charge is 0.411 e. The van der Waals surface area contributed by atoms with Gasteiger partial charge in [0.25, 0.3) is 0 Å². The Morgan fingerprint density at radius 1 is 1.11 bits per heavy atom. The Balaban J connectivity index is 1.39. The number of fused-ring (bicyclic) bond motifs is 4. The van der Waals surface area contributed by atoms with Gasteiger partial charge in [0.2, 0.25) is 12.1 Å². The molecule has 2 unspecified atom stereocenters. The van der Waals surface area contributed by atoms with Gasteiger partial charge >= 0.3 is 6.09 Å². The van der Waals surface area contributed by atoms with E-state index in [4.69, 9.17) is 4.74 Å². The van der Waals surface area contributed by atoms with Gasteiger partial charge in [-0.05, 0) is 56.5 Å². The van der Waals surface area contributed by atoms with E-state index in [1.165, 1.54) is 6.07 Å². The summed E-state index contributed by atoms with van der Waals surface area (Å²) in [5.74, 6) is 0.330. The van der Waals surface area contributed by atoms with Crippen LogP contribution in [0, 0.1) is 5.82 Å². The number of pyridine rings is 1. The summed E-state index contributed by atoms with van der Waals surface area (Å²) in [6.07, 6.45) is 4.80. The Kier molecular flexibility index (Phi) is 5.63. The highest BCUT2D eigenvalue weighted by molar-refractivity contribution is 5.99. The number of aromatic hydroxyl groups is 1. The van der Waals surface area contributed by atoms with E-state index in [0.29, 0.717) is 24.0 Å². The van der Waals surface area contributed by atoms with Crippen LogP contribution < -0.4 is 9.47 Å². The summed E-state index contributed by atoms with van der Waals surface area (Å²) in [7, 11) is 1.89. The third kappa shape index (κ3) is 4.06. The molecule has 2 aromatic heterocycles. The van der Waals surface area contributed by atoms with Crippen molar-refractivity contribution in [2.24, 2.45) is 7.05 Å². The maximum Gasteiger partial charge on any atom is 0.411 e. The standard InChI is InChI=1S/C29H30FN5O3/c1-29(2,3)38-28(37)35-18-9-10-19(35)15-34(14-18)27-23-13-31-25(24(30)26(23)32-16-33(27)4)22-12-20(36)11-17-7-5-6-8-21(17)22/h5-8,11-13,16,18-19H,9-10,14-15H2,1-4H3/p+1. The van der Waals surface area contributed by atoms with Crippen molar-refractivity contribution >= 4 is 33.6 Å². The molecule has 2 aliphatic rings. The van der Waals surface area contributed by atoms with Crippen molar-refractivity contribution in [1.29, 1.82) is 0 Å². The van der Waals surface area contributed by atoms with Crippen molar-refractivity contribution in [3.05, 3.63) is 54.7 Å². The highest BCUT2D eigenvalue weighted by Crippen LogP contribution is 2.38. The van der Waals surface area contributed by atoms with Gasteiger partial charge in [-0.15, -0.1) is 4.98 Å². The van der Waals surface area contributed by atoms with Crippen LogP contribution in [-0.4, -0.2) is 56.8 Å². The van der Waals surface area contributed by atoms with Gasteiger partial charge in [-0.25, -0.2) is 13.8 Å². The topological polar surface area (TPSA) is 82.7 Å². The Bertz CT molecular complexity index is 1570. The summed E-state index contributed by atoms with van der Waals surface area (Å²) in [4.78, 5) is 26.0. The first-order valence-electron chi connectivity index (χ1n) is 12.9. The molecule has 1 N–H and O–H groups in total. The minimum Gasteiger partial charge on any atom is -0.508 e. The van der Waals surface area contributed by atoms with E-state index >= 15 is 4.39 Å². The molecule has 1 amide bonds. The monoisotopic (exact) mass is 516 g/mol. The summed E-state index contributed by atoms with van der Waals surface area (Å²) in [5, 5.41) is 12.5. The van der Waals surface area contributed by atoms with Gasteiger partial charge in [-0.1, -0.05) is 24.3 Å². The molecule has 9 heteroatoms. The maximum absolute atomic E-state index is 16.1. The number of piperazine rings is 1. The minimum atomic E-state index is -0.552. The zero-order chi connectivity index (χ0) is 26.8. The number of anilines is 1. The minimum absolute atomic E-state index is 0.0163. The lowest BCUT2D eigenvalue weighted by Crippen LogP contribution is -2.58. The molecule has 0 saturated carbocycles. The van der Waals surface area contributed by atoms with Gasteiger partial charge in [0, 0.05) is 11.8 Å². The number of hydrogen-bond acceptors (Lipinski definition) is 6. The maximum atomic E-state index is 16.1. The molecule has 2 aromatic carbocycles. The van der Waals surface area contributed by atoms with Gasteiger partial charge in [-0.3, -0.25) is 14.8 Å². The predicted molar refractivity (Wildman–Crippen MR) is 142 cm³/mol. The third-order valence-electron chi connectivity index (χ3n) is 7.42. The lowest BCUT2D eigenvalue weighted by Gasteiger charge is -2.39. The molecular weight excluding hydrogens is 485 g/mol. The van der Waals surface area contributed by atoms with E-state index in [-0.39, 0.29) is 35.1 Å². The normalized spacial score (nSPS) is 19.4. The second kappa shape index (κ2) is 8.79. The molecular formula is C29H31FN5O3+. The van der Waals surface area contributed by atoms with Crippen LogP contribution in [0.1, 0.15) is 33.6 Å². The Hall–Kier alpha value is -4.01. The van der Waals surface area contributed by atoms with Gasteiger partial charge < -0.3 is 9.84 Å². The summed E-state index contributed by atoms with van der Waals surface area (Å²) >= 11 is 0.